The lowest BCUT2D eigenvalue weighted by Crippen LogP contribution is -2.60. The van der Waals surface area contributed by atoms with Crippen LogP contribution < -0.4 is 0 Å². The molecule has 0 bridgehead atoms. The molecule has 0 spiro atoms. The van der Waals surface area contributed by atoms with Gasteiger partial charge in [-0.2, -0.15) is 0 Å². The highest BCUT2D eigenvalue weighted by atomic mass is 16.7. The molecule has 1 aromatic carbocycles. The molecule has 9 atom stereocenters. The Balaban J connectivity index is 1.52. The van der Waals surface area contributed by atoms with Gasteiger partial charge in [0.15, 0.2) is 12.6 Å². The Bertz CT molecular complexity index is 671. The van der Waals surface area contributed by atoms with Crippen LogP contribution in [0.25, 0.3) is 6.08 Å². The van der Waals surface area contributed by atoms with Crippen molar-refractivity contribution < 1.29 is 49.6 Å². The summed E-state index contributed by atoms with van der Waals surface area (Å²) in [7, 11) is 0. The summed E-state index contributed by atoms with van der Waals surface area (Å²) in [5.41, 5.74) is 0.964. The minimum absolute atomic E-state index is 0.0849. The first kappa shape index (κ1) is 23.2. The summed E-state index contributed by atoms with van der Waals surface area (Å²) in [6.07, 6.45) is -8.71. The second-order valence-electron chi connectivity index (χ2n) is 7.24. The molecule has 2 aliphatic rings. The van der Waals surface area contributed by atoms with Crippen LogP contribution in [0.1, 0.15) is 5.56 Å². The standard InChI is InChI=1S/C20H28O10/c21-12-9-28-19(17(25)14(12)22)29-10-13-15(23)16(24)18(26)20(30-13)27-8-4-7-11-5-2-1-3-6-11/h1-7,12-26H,8-10H2/t12-,13+,14-,15+,16-,17+,18+,19-,20-/m0/s1. The molecule has 0 aliphatic carbocycles. The molecule has 6 N–H and O–H groups in total. The van der Waals surface area contributed by atoms with E-state index in [0.29, 0.717) is 0 Å². The first-order valence-corrected chi connectivity index (χ1v) is 9.68. The van der Waals surface area contributed by atoms with Crippen molar-refractivity contribution in [3.05, 3.63) is 42.0 Å². The molecule has 2 aliphatic heterocycles. The predicted octanol–water partition coefficient (Wildman–Crippen LogP) is -2.02. The molecular weight excluding hydrogens is 400 g/mol. The largest absolute Gasteiger partial charge is 0.388 e. The molecule has 3 rings (SSSR count). The number of aliphatic hydroxyl groups is 6. The summed E-state index contributed by atoms with van der Waals surface area (Å²) < 4.78 is 21.5. The van der Waals surface area contributed by atoms with E-state index in [1.165, 1.54) is 0 Å². The Labute approximate surface area is 173 Å². The van der Waals surface area contributed by atoms with Crippen molar-refractivity contribution >= 4 is 6.08 Å². The number of hydrogen-bond donors (Lipinski definition) is 6. The van der Waals surface area contributed by atoms with Crippen LogP contribution >= 0.6 is 0 Å². The minimum Gasteiger partial charge on any atom is -0.388 e. The molecule has 10 heteroatoms. The molecule has 30 heavy (non-hydrogen) atoms. The lowest BCUT2D eigenvalue weighted by atomic mass is 9.99. The van der Waals surface area contributed by atoms with Crippen molar-refractivity contribution in [2.24, 2.45) is 0 Å². The van der Waals surface area contributed by atoms with E-state index >= 15 is 0 Å². The summed E-state index contributed by atoms with van der Waals surface area (Å²) in [6, 6.07) is 9.50. The maximum Gasteiger partial charge on any atom is 0.187 e. The van der Waals surface area contributed by atoms with E-state index in [0.717, 1.165) is 5.56 Å². The summed E-state index contributed by atoms with van der Waals surface area (Å²) in [5, 5.41) is 59.4. The molecule has 2 saturated heterocycles. The molecule has 0 saturated carbocycles. The van der Waals surface area contributed by atoms with Crippen LogP contribution in [0.2, 0.25) is 0 Å². The van der Waals surface area contributed by atoms with Gasteiger partial charge in [-0.3, -0.25) is 0 Å². The van der Waals surface area contributed by atoms with E-state index in [9.17, 15) is 30.6 Å². The quantitative estimate of drug-likeness (QED) is 0.286. The molecule has 168 valence electrons. The fourth-order valence-corrected chi connectivity index (χ4v) is 3.21. The van der Waals surface area contributed by atoms with Crippen molar-refractivity contribution in [2.45, 2.75) is 55.3 Å². The smallest absolute Gasteiger partial charge is 0.187 e. The Kier molecular flexibility index (Phi) is 8.31. The van der Waals surface area contributed by atoms with E-state index in [4.69, 9.17) is 18.9 Å². The Morgan fingerprint density at radius 1 is 0.833 bits per heavy atom. The van der Waals surface area contributed by atoms with Gasteiger partial charge in [0.25, 0.3) is 0 Å². The Hall–Kier alpha value is -1.44. The molecule has 2 heterocycles. The second-order valence-corrected chi connectivity index (χ2v) is 7.24. The lowest BCUT2D eigenvalue weighted by molar-refractivity contribution is -0.319. The summed E-state index contributed by atoms with van der Waals surface area (Å²) >= 11 is 0. The summed E-state index contributed by atoms with van der Waals surface area (Å²) in [6.45, 7) is -0.478. The Morgan fingerprint density at radius 2 is 1.53 bits per heavy atom. The highest BCUT2D eigenvalue weighted by Crippen LogP contribution is 2.24. The molecule has 2 fully saturated rings. The number of rotatable bonds is 7. The molecule has 10 nitrogen and oxygen atoms in total. The fraction of sp³-hybridized carbons (Fsp3) is 0.600. The van der Waals surface area contributed by atoms with Gasteiger partial charge in [-0.15, -0.1) is 0 Å². The third kappa shape index (κ3) is 5.62. The first-order chi connectivity index (χ1) is 14.4. The lowest BCUT2D eigenvalue weighted by Gasteiger charge is -2.41. The molecule has 0 unspecified atom stereocenters. The van der Waals surface area contributed by atoms with Crippen molar-refractivity contribution in [2.75, 3.05) is 19.8 Å². The number of benzene rings is 1. The zero-order valence-corrected chi connectivity index (χ0v) is 16.2. The van der Waals surface area contributed by atoms with Crippen molar-refractivity contribution in [3.63, 3.8) is 0 Å². The van der Waals surface area contributed by atoms with E-state index in [1.807, 2.05) is 36.4 Å². The second kappa shape index (κ2) is 10.7. The first-order valence-electron chi connectivity index (χ1n) is 9.68. The van der Waals surface area contributed by atoms with Crippen molar-refractivity contribution in [1.29, 1.82) is 0 Å². The third-order valence-electron chi connectivity index (χ3n) is 5.01. The van der Waals surface area contributed by atoms with Crippen molar-refractivity contribution in [3.8, 4) is 0 Å². The number of hydrogen-bond acceptors (Lipinski definition) is 10. The van der Waals surface area contributed by atoms with Gasteiger partial charge in [0.2, 0.25) is 0 Å². The molecular formula is C20H28O10. The average molecular weight is 428 g/mol. The van der Waals surface area contributed by atoms with Gasteiger partial charge in [0.05, 0.1) is 19.8 Å². The molecule has 0 aromatic heterocycles. The SMILES string of the molecule is O[C@@H]1[C@@H](O)[C@@H](OCC=Cc2ccccc2)O[C@H](CO[C@@H]2OC[C@H](O)[C@H](O)[C@H]2O)[C@H]1O. The number of ether oxygens (including phenoxy) is 4. The molecule has 0 radical (unpaired) electrons. The van der Waals surface area contributed by atoms with Gasteiger partial charge < -0.3 is 49.6 Å². The molecule has 0 amide bonds. The number of aliphatic hydroxyl groups excluding tert-OH is 6. The predicted molar refractivity (Wildman–Crippen MR) is 102 cm³/mol. The van der Waals surface area contributed by atoms with Gasteiger partial charge >= 0.3 is 0 Å². The average Bonchev–Trinajstić information content (AvgIpc) is 2.76. The zero-order valence-electron chi connectivity index (χ0n) is 16.2. The van der Waals surface area contributed by atoms with Crippen LogP contribution in [0.3, 0.4) is 0 Å². The van der Waals surface area contributed by atoms with Crippen LogP contribution in [-0.2, 0) is 18.9 Å². The van der Waals surface area contributed by atoms with E-state index < -0.39 is 55.3 Å². The topological polar surface area (TPSA) is 158 Å². The van der Waals surface area contributed by atoms with Gasteiger partial charge in [-0.1, -0.05) is 42.5 Å². The van der Waals surface area contributed by atoms with Crippen molar-refractivity contribution in [1.82, 2.24) is 0 Å². The van der Waals surface area contributed by atoms with Crippen LogP contribution in [0.4, 0.5) is 0 Å². The fourth-order valence-electron chi connectivity index (χ4n) is 3.21. The maximum atomic E-state index is 10.2. The summed E-state index contributed by atoms with van der Waals surface area (Å²) in [4.78, 5) is 0. The van der Waals surface area contributed by atoms with Gasteiger partial charge in [-0.05, 0) is 5.56 Å². The third-order valence-corrected chi connectivity index (χ3v) is 5.01. The molecule has 1 aromatic rings. The normalized spacial score (nSPS) is 40.0. The van der Waals surface area contributed by atoms with E-state index in [2.05, 4.69) is 0 Å². The Morgan fingerprint density at radius 3 is 2.27 bits per heavy atom. The van der Waals surface area contributed by atoms with Crippen LogP contribution in [0.5, 0.6) is 0 Å². The van der Waals surface area contributed by atoms with E-state index in [1.54, 1.807) is 6.08 Å². The highest BCUT2D eigenvalue weighted by Gasteiger charge is 2.45. The summed E-state index contributed by atoms with van der Waals surface area (Å²) in [5.74, 6) is 0. The monoisotopic (exact) mass is 428 g/mol. The van der Waals surface area contributed by atoms with Gasteiger partial charge in [0.1, 0.15) is 42.7 Å². The highest BCUT2D eigenvalue weighted by molar-refractivity contribution is 5.48. The van der Waals surface area contributed by atoms with Crippen LogP contribution in [0.15, 0.2) is 36.4 Å². The van der Waals surface area contributed by atoms with Gasteiger partial charge in [0, 0.05) is 0 Å². The van der Waals surface area contributed by atoms with E-state index in [-0.39, 0.29) is 19.8 Å². The van der Waals surface area contributed by atoms with Gasteiger partial charge in [-0.25, -0.2) is 0 Å². The van der Waals surface area contributed by atoms with Crippen LogP contribution in [0, 0.1) is 0 Å². The zero-order chi connectivity index (χ0) is 21.7. The minimum atomic E-state index is -1.54. The maximum absolute atomic E-state index is 10.2. The van der Waals surface area contributed by atoms with Crippen LogP contribution in [-0.4, -0.2) is 106 Å².